The van der Waals surface area contributed by atoms with Crippen LogP contribution in [0, 0.1) is 5.82 Å². The summed E-state index contributed by atoms with van der Waals surface area (Å²) in [6, 6.07) is 25.2. The Balaban J connectivity index is 1.61. The fourth-order valence-electron chi connectivity index (χ4n) is 2.86. The summed E-state index contributed by atoms with van der Waals surface area (Å²) < 4.78 is 13.7. The van der Waals surface area contributed by atoms with E-state index in [1.807, 2.05) is 60.7 Å². The molecular weight excluding hydrogens is 369 g/mol. The van der Waals surface area contributed by atoms with Crippen LogP contribution < -0.4 is 10.7 Å². The second kappa shape index (κ2) is 10.1. The van der Waals surface area contributed by atoms with Crippen LogP contribution in [0.3, 0.4) is 0 Å². The first-order chi connectivity index (χ1) is 14.1. The highest BCUT2D eigenvalue weighted by molar-refractivity contribution is 5.96. The van der Waals surface area contributed by atoms with E-state index in [1.54, 1.807) is 11.1 Å². The van der Waals surface area contributed by atoms with E-state index in [1.165, 1.54) is 18.2 Å². The maximum absolute atomic E-state index is 13.7. The van der Waals surface area contributed by atoms with Crippen molar-refractivity contribution in [3.8, 4) is 0 Å². The minimum Gasteiger partial charge on any atom is -0.343 e. The molecule has 0 spiro atoms. The fourth-order valence-corrected chi connectivity index (χ4v) is 2.86. The van der Waals surface area contributed by atoms with E-state index < -0.39 is 11.7 Å². The van der Waals surface area contributed by atoms with Crippen molar-refractivity contribution in [1.29, 1.82) is 0 Å². The molecule has 0 fully saturated rings. The third-order valence-electron chi connectivity index (χ3n) is 4.24. The summed E-state index contributed by atoms with van der Waals surface area (Å²) in [6.07, 6.45) is 0. The van der Waals surface area contributed by atoms with E-state index in [0.717, 1.165) is 11.1 Å². The average Bonchev–Trinajstić information content (AvgIpc) is 2.74. The molecule has 0 saturated heterocycles. The number of nitrogens with zero attached hydrogens (tertiary/aromatic N) is 1. The molecule has 3 aromatic rings. The largest absolute Gasteiger partial charge is 0.343 e. The average molecular weight is 391 g/mol. The molecule has 0 atom stereocenters. The van der Waals surface area contributed by atoms with Gasteiger partial charge in [0.1, 0.15) is 5.82 Å². The van der Waals surface area contributed by atoms with E-state index in [4.69, 9.17) is 0 Å². The Morgan fingerprint density at radius 3 is 1.83 bits per heavy atom. The summed E-state index contributed by atoms with van der Waals surface area (Å²) in [6.45, 7) is 0.749. The van der Waals surface area contributed by atoms with Crippen LogP contribution in [0.2, 0.25) is 0 Å². The number of amides is 2. The predicted molar refractivity (Wildman–Crippen MR) is 109 cm³/mol. The van der Waals surface area contributed by atoms with Crippen molar-refractivity contribution in [2.24, 2.45) is 0 Å². The zero-order chi connectivity index (χ0) is 20.5. The number of carbonyl (C=O) groups excluding carboxylic acids is 2. The van der Waals surface area contributed by atoms with E-state index in [-0.39, 0.29) is 18.0 Å². The quantitative estimate of drug-likeness (QED) is 0.580. The molecule has 0 aromatic heterocycles. The topological polar surface area (TPSA) is 61.4 Å². The zero-order valence-corrected chi connectivity index (χ0v) is 15.8. The van der Waals surface area contributed by atoms with Gasteiger partial charge in [-0.2, -0.15) is 0 Å². The predicted octanol–water partition coefficient (Wildman–Crippen LogP) is 3.29. The molecule has 0 bridgehead atoms. The van der Waals surface area contributed by atoms with Gasteiger partial charge in [0.05, 0.1) is 12.1 Å². The van der Waals surface area contributed by atoms with E-state index in [2.05, 4.69) is 10.7 Å². The smallest absolute Gasteiger partial charge is 0.254 e. The molecule has 0 unspecified atom stereocenters. The number of carbonyl (C=O) groups is 2. The molecule has 0 aliphatic carbocycles. The summed E-state index contributed by atoms with van der Waals surface area (Å²) in [5.41, 5.74) is 4.81. The maximum Gasteiger partial charge on any atom is 0.254 e. The lowest BCUT2D eigenvalue weighted by Crippen LogP contribution is -2.46. The third-order valence-corrected chi connectivity index (χ3v) is 4.24. The van der Waals surface area contributed by atoms with Crippen molar-refractivity contribution in [3.63, 3.8) is 0 Å². The number of benzene rings is 3. The Morgan fingerprint density at radius 2 is 1.28 bits per heavy atom. The number of halogens is 1. The lowest BCUT2D eigenvalue weighted by atomic mass is 10.2. The van der Waals surface area contributed by atoms with Crippen LogP contribution in [0.15, 0.2) is 84.9 Å². The molecular formula is C23H22FN3O2. The van der Waals surface area contributed by atoms with Crippen molar-refractivity contribution in [1.82, 2.24) is 15.8 Å². The van der Waals surface area contributed by atoms with Crippen molar-refractivity contribution >= 4 is 11.8 Å². The fraction of sp³-hybridized carbons (Fsp3) is 0.130. The molecule has 2 amide bonds. The van der Waals surface area contributed by atoms with Gasteiger partial charge in [0.2, 0.25) is 0 Å². The van der Waals surface area contributed by atoms with Crippen molar-refractivity contribution in [3.05, 3.63) is 107 Å². The lowest BCUT2D eigenvalue weighted by molar-refractivity contribution is -0.125. The van der Waals surface area contributed by atoms with Gasteiger partial charge in [0, 0.05) is 13.1 Å². The van der Waals surface area contributed by atoms with Crippen LogP contribution in [0.25, 0.3) is 0 Å². The van der Waals surface area contributed by atoms with Gasteiger partial charge in [0.25, 0.3) is 11.8 Å². The molecule has 0 radical (unpaired) electrons. The molecule has 0 aliphatic rings. The second-order valence-corrected chi connectivity index (χ2v) is 6.52. The van der Waals surface area contributed by atoms with E-state index >= 15 is 0 Å². The Hall–Kier alpha value is -3.51. The van der Waals surface area contributed by atoms with E-state index in [0.29, 0.717) is 13.1 Å². The first-order valence-electron chi connectivity index (χ1n) is 9.27. The van der Waals surface area contributed by atoms with Gasteiger partial charge >= 0.3 is 0 Å². The van der Waals surface area contributed by atoms with Gasteiger partial charge in [-0.05, 0) is 23.3 Å². The molecule has 29 heavy (non-hydrogen) atoms. The Kier molecular flexibility index (Phi) is 7.08. The molecule has 3 rings (SSSR count). The molecule has 6 heteroatoms. The number of hydrazine groups is 1. The Bertz CT molecular complexity index is 907. The Morgan fingerprint density at radius 1 is 0.759 bits per heavy atom. The van der Waals surface area contributed by atoms with Crippen molar-refractivity contribution < 1.29 is 14.0 Å². The molecule has 0 heterocycles. The van der Waals surface area contributed by atoms with Crippen molar-refractivity contribution in [2.75, 3.05) is 6.54 Å². The minimum atomic E-state index is -0.629. The van der Waals surface area contributed by atoms with Gasteiger partial charge in [-0.3, -0.25) is 15.0 Å². The molecule has 5 nitrogen and oxygen atoms in total. The summed E-state index contributed by atoms with van der Waals surface area (Å²) in [5.74, 6) is -1.64. The van der Waals surface area contributed by atoms with Crippen LogP contribution in [-0.4, -0.2) is 23.4 Å². The summed E-state index contributed by atoms with van der Waals surface area (Å²) in [4.78, 5) is 24.5. The highest BCUT2D eigenvalue weighted by Gasteiger charge is 2.14. The standard InChI is InChI=1S/C23H22FN3O2/c24-21-14-8-7-13-20(21)23(29)25-15-22(28)26-27(16-18-9-3-1-4-10-18)17-19-11-5-2-6-12-19/h1-14H,15-17H2,(H,25,29)(H,26,28). The number of rotatable bonds is 8. The van der Waals surface area contributed by atoms with Crippen LogP contribution >= 0.6 is 0 Å². The molecule has 148 valence electrons. The normalized spacial score (nSPS) is 10.6. The first kappa shape index (κ1) is 20.2. The summed E-state index contributed by atoms with van der Waals surface area (Å²) >= 11 is 0. The highest BCUT2D eigenvalue weighted by Crippen LogP contribution is 2.08. The van der Waals surface area contributed by atoms with E-state index in [9.17, 15) is 14.0 Å². The highest BCUT2D eigenvalue weighted by atomic mass is 19.1. The van der Waals surface area contributed by atoms with Gasteiger partial charge in [0.15, 0.2) is 0 Å². The van der Waals surface area contributed by atoms with Crippen LogP contribution in [0.4, 0.5) is 4.39 Å². The van der Waals surface area contributed by atoms with Crippen LogP contribution in [0.5, 0.6) is 0 Å². The monoisotopic (exact) mass is 391 g/mol. The second-order valence-electron chi connectivity index (χ2n) is 6.52. The minimum absolute atomic E-state index is 0.0919. The first-order valence-corrected chi connectivity index (χ1v) is 9.27. The van der Waals surface area contributed by atoms with Crippen LogP contribution in [0.1, 0.15) is 21.5 Å². The molecule has 2 N–H and O–H groups in total. The number of hydrogen-bond acceptors (Lipinski definition) is 3. The molecule has 3 aromatic carbocycles. The molecule has 0 saturated carbocycles. The lowest BCUT2D eigenvalue weighted by Gasteiger charge is -2.23. The summed E-state index contributed by atoms with van der Waals surface area (Å²) in [7, 11) is 0. The SMILES string of the molecule is O=C(CNC(=O)c1ccccc1F)NN(Cc1ccccc1)Cc1ccccc1. The summed E-state index contributed by atoms with van der Waals surface area (Å²) in [5, 5.41) is 4.24. The Labute approximate surface area is 169 Å². The van der Waals surface area contributed by atoms with Crippen LogP contribution in [-0.2, 0) is 17.9 Å². The van der Waals surface area contributed by atoms with Gasteiger partial charge in [-0.15, -0.1) is 0 Å². The van der Waals surface area contributed by atoms with Gasteiger partial charge in [-0.1, -0.05) is 72.8 Å². The number of hydrogen-bond donors (Lipinski definition) is 2. The van der Waals surface area contributed by atoms with Gasteiger partial charge < -0.3 is 5.32 Å². The zero-order valence-electron chi connectivity index (χ0n) is 15.8. The maximum atomic E-state index is 13.7. The third kappa shape index (κ3) is 6.26. The van der Waals surface area contributed by atoms with Crippen molar-refractivity contribution in [2.45, 2.75) is 13.1 Å². The number of nitrogens with one attached hydrogen (secondary N) is 2. The van der Waals surface area contributed by atoms with Gasteiger partial charge in [-0.25, -0.2) is 9.40 Å². The molecule has 0 aliphatic heterocycles.